The molecule has 30 heavy (non-hydrogen) atoms. The van der Waals surface area contributed by atoms with E-state index in [1.54, 1.807) is 0 Å². The molecule has 2 aromatic rings. The quantitative estimate of drug-likeness (QED) is 0.631. The molecule has 0 amide bonds. The Morgan fingerprint density at radius 2 is 1.93 bits per heavy atom. The molecule has 168 valence electrons. The van der Waals surface area contributed by atoms with Crippen LogP contribution in [0.15, 0.2) is 12.1 Å². The zero-order valence-electron chi connectivity index (χ0n) is 16.4. The number of pyridine rings is 1. The van der Waals surface area contributed by atoms with E-state index in [1.807, 2.05) is 6.92 Å². The first-order valence-corrected chi connectivity index (χ1v) is 9.68. The molecule has 0 saturated heterocycles. The van der Waals surface area contributed by atoms with Crippen LogP contribution in [0.5, 0.6) is 5.75 Å². The Bertz CT molecular complexity index is 865. The van der Waals surface area contributed by atoms with Gasteiger partial charge in [-0.3, -0.25) is 0 Å². The number of hydrogen-bond acceptors (Lipinski definition) is 5. The molecule has 1 aliphatic rings. The van der Waals surface area contributed by atoms with Gasteiger partial charge in [-0.05, 0) is 50.9 Å². The summed E-state index contributed by atoms with van der Waals surface area (Å²) in [5.74, 6) is -0.256. The summed E-state index contributed by atoms with van der Waals surface area (Å²) >= 11 is 0. The van der Waals surface area contributed by atoms with E-state index in [-0.39, 0.29) is 17.9 Å². The van der Waals surface area contributed by atoms with Crippen molar-refractivity contribution in [2.75, 3.05) is 18.4 Å². The van der Waals surface area contributed by atoms with Crippen molar-refractivity contribution in [2.45, 2.75) is 57.6 Å². The van der Waals surface area contributed by atoms with Gasteiger partial charge in [0.1, 0.15) is 5.69 Å². The largest absolute Gasteiger partial charge is 0.477 e. The molecule has 2 N–H and O–H groups in total. The minimum absolute atomic E-state index is 0.0470. The third-order valence-corrected chi connectivity index (χ3v) is 5.13. The smallest absolute Gasteiger partial charge is 0.433 e. The fourth-order valence-corrected chi connectivity index (χ4v) is 3.53. The SMILES string of the molecule is CCNC[C@H]1CCC[C@@H]1Nc1nc2c(OC(C)C(F)(F)F)ccc(C(F)(F)F)n2n1. The van der Waals surface area contributed by atoms with Crippen molar-refractivity contribution in [1.82, 2.24) is 19.9 Å². The molecular formula is C18H23F6N5O. The van der Waals surface area contributed by atoms with Crippen LogP contribution in [-0.4, -0.2) is 46.0 Å². The van der Waals surface area contributed by atoms with E-state index in [9.17, 15) is 26.3 Å². The van der Waals surface area contributed by atoms with E-state index in [0.29, 0.717) is 10.6 Å². The van der Waals surface area contributed by atoms with Crippen LogP contribution in [0.2, 0.25) is 0 Å². The number of hydrogen-bond donors (Lipinski definition) is 2. The van der Waals surface area contributed by atoms with E-state index >= 15 is 0 Å². The molecule has 2 aromatic heterocycles. The Morgan fingerprint density at radius 1 is 1.20 bits per heavy atom. The predicted molar refractivity (Wildman–Crippen MR) is 97.4 cm³/mol. The Kier molecular flexibility index (Phi) is 6.34. The molecule has 0 aromatic carbocycles. The summed E-state index contributed by atoms with van der Waals surface area (Å²) in [5, 5.41) is 10.2. The lowest BCUT2D eigenvalue weighted by Gasteiger charge is -2.20. The summed E-state index contributed by atoms with van der Waals surface area (Å²) in [7, 11) is 0. The number of fused-ring (bicyclic) bond motifs is 1. The molecule has 3 atom stereocenters. The predicted octanol–water partition coefficient (Wildman–Crippen LogP) is 4.27. The van der Waals surface area contributed by atoms with Crippen LogP contribution in [0.25, 0.3) is 5.65 Å². The van der Waals surface area contributed by atoms with E-state index in [2.05, 4.69) is 20.7 Å². The van der Waals surface area contributed by atoms with Gasteiger partial charge in [0, 0.05) is 6.04 Å². The molecule has 0 spiro atoms. The first-order chi connectivity index (χ1) is 14.0. The van der Waals surface area contributed by atoms with Gasteiger partial charge in [-0.15, -0.1) is 5.10 Å². The molecular weight excluding hydrogens is 416 g/mol. The molecule has 1 fully saturated rings. The van der Waals surface area contributed by atoms with Crippen molar-refractivity contribution in [1.29, 1.82) is 0 Å². The first-order valence-electron chi connectivity index (χ1n) is 9.68. The maximum absolute atomic E-state index is 13.4. The highest BCUT2D eigenvalue weighted by Gasteiger charge is 2.40. The molecule has 1 unspecified atom stereocenters. The Labute approximate surface area is 169 Å². The number of halogens is 6. The van der Waals surface area contributed by atoms with Gasteiger partial charge in [0.2, 0.25) is 5.95 Å². The van der Waals surface area contributed by atoms with Gasteiger partial charge < -0.3 is 15.4 Å². The van der Waals surface area contributed by atoms with Gasteiger partial charge in [0.15, 0.2) is 17.5 Å². The van der Waals surface area contributed by atoms with E-state index in [1.165, 1.54) is 0 Å². The minimum Gasteiger partial charge on any atom is -0.477 e. The van der Waals surface area contributed by atoms with Crippen LogP contribution >= 0.6 is 0 Å². The zero-order valence-corrected chi connectivity index (χ0v) is 16.4. The summed E-state index contributed by atoms with van der Waals surface area (Å²) in [6.45, 7) is 4.28. The topological polar surface area (TPSA) is 63.5 Å². The number of nitrogens with one attached hydrogen (secondary N) is 2. The highest BCUT2D eigenvalue weighted by molar-refractivity contribution is 5.57. The second-order valence-electron chi connectivity index (χ2n) is 7.30. The lowest BCUT2D eigenvalue weighted by atomic mass is 10.0. The van der Waals surface area contributed by atoms with Gasteiger partial charge in [-0.2, -0.15) is 31.3 Å². The molecule has 12 heteroatoms. The zero-order chi connectivity index (χ0) is 22.1. The molecule has 1 saturated carbocycles. The van der Waals surface area contributed by atoms with Crippen molar-refractivity contribution in [3.05, 3.63) is 17.8 Å². The average molecular weight is 439 g/mol. The number of anilines is 1. The Morgan fingerprint density at radius 3 is 2.57 bits per heavy atom. The fraction of sp³-hybridized carbons (Fsp3) is 0.667. The molecule has 0 aliphatic heterocycles. The van der Waals surface area contributed by atoms with Gasteiger partial charge in [-0.25, -0.2) is 4.52 Å². The van der Waals surface area contributed by atoms with Crippen molar-refractivity contribution < 1.29 is 31.1 Å². The molecule has 2 heterocycles. The number of alkyl halides is 6. The highest BCUT2D eigenvalue weighted by atomic mass is 19.4. The van der Waals surface area contributed by atoms with Crippen LogP contribution in [-0.2, 0) is 6.18 Å². The summed E-state index contributed by atoms with van der Waals surface area (Å²) < 4.78 is 84.1. The highest BCUT2D eigenvalue weighted by Crippen LogP contribution is 2.35. The van der Waals surface area contributed by atoms with Gasteiger partial charge in [-0.1, -0.05) is 13.3 Å². The van der Waals surface area contributed by atoms with Crippen LogP contribution in [0.4, 0.5) is 32.3 Å². The number of aromatic nitrogens is 3. The summed E-state index contributed by atoms with van der Waals surface area (Å²) in [4.78, 5) is 4.03. The van der Waals surface area contributed by atoms with Crippen LogP contribution < -0.4 is 15.4 Å². The normalized spacial score (nSPS) is 21.2. The summed E-state index contributed by atoms with van der Waals surface area (Å²) in [5.41, 5.74) is -1.58. The van der Waals surface area contributed by atoms with E-state index in [4.69, 9.17) is 4.74 Å². The van der Waals surface area contributed by atoms with E-state index < -0.39 is 35.5 Å². The molecule has 6 nitrogen and oxygen atoms in total. The number of nitrogens with zero attached hydrogens (tertiary/aromatic N) is 3. The average Bonchev–Trinajstić information content (AvgIpc) is 3.25. The van der Waals surface area contributed by atoms with Crippen LogP contribution in [0.3, 0.4) is 0 Å². The maximum atomic E-state index is 13.4. The second kappa shape index (κ2) is 8.48. The Hall–Kier alpha value is -2.24. The molecule has 0 bridgehead atoms. The standard InChI is InChI=1S/C18H23F6N5O/c1-3-25-9-11-5-4-6-12(11)26-16-27-15-13(30-10(2)17(19,20)21)7-8-14(18(22,23)24)29(15)28-16/h7-8,10-12,25H,3-6,9H2,1-2H3,(H,26,28)/t10?,11-,12+/m1/s1. The number of rotatable bonds is 7. The summed E-state index contributed by atoms with van der Waals surface area (Å²) in [6, 6.07) is 1.42. The van der Waals surface area contributed by atoms with Crippen LogP contribution in [0, 0.1) is 5.92 Å². The second-order valence-corrected chi connectivity index (χ2v) is 7.30. The number of ether oxygens (including phenoxy) is 1. The lowest BCUT2D eigenvalue weighted by Crippen LogP contribution is -2.32. The molecule has 0 radical (unpaired) electrons. The fourth-order valence-electron chi connectivity index (χ4n) is 3.53. The minimum atomic E-state index is -4.77. The van der Waals surface area contributed by atoms with Gasteiger partial charge in [0.25, 0.3) is 0 Å². The third kappa shape index (κ3) is 4.90. The van der Waals surface area contributed by atoms with Crippen molar-refractivity contribution in [3.63, 3.8) is 0 Å². The lowest BCUT2D eigenvalue weighted by molar-refractivity contribution is -0.189. The van der Waals surface area contributed by atoms with Crippen molar-refractivity contribution >= 4 is 11.6 Å². The van der Waals surface area contributed by atoms with Gasteiger partial charge >= 0.3 is 12.4 Å². The van der Waals surface area contributed by atoms with E-state index in [0.717, 1.165) is 45.3 Å². The molecule has 1 aliphatic carbocycles. The first kappa shape index (κ1) is 22.4. The Balaban J connectivity index is 1.94. The monoisotopic (exact) mass is 439 g/mol. The maximum Gasteiger partial charge on any atom is 0.433 e. The third-order valence-electron chi connectivity index (χ3n) is 5.13. The molecule has 3 rings (SSSR count). The van der Waals surface area contributed by atoms with Gasteiger partial charge in [0.05, 0.1) is 0 Å². The van der Waals surface area contributed by atoms with Crippen molar-refractivity contribution in [3.8, 4) is 5.75 Å². The van der Waals surface area contributed by atoms with Crippen molar-refractivity contribution in [2.24, 2.45) is 5.92 Å². The van der Waals surface area contributed by atoms with Crippen LogP contribution in [0.1, 0.15) is 38.8 Å². The summed E-state index contributed by atoms with van der Waals surface area (Å²) in [6.07, 6.45) is -8.96.